The molecular weight excluding hydrogens is 488 g/mol. The van der Waals surface area contributed by atoms with Crippen molar-refractivity contribution in [3.63, 3.8) is 0 Å². The third-order valence-corrected chi connectivity index (χ3v) is 12.2. The molecule has 7 heteroatoms. The molecule has 0 aliphatic rings. The normalized spacial score (nSPS) is 11.8. The Morgan fingerprint density at radius 2 is 0.861 bits per heavy atom. The van der Waals surface area contributed by atoms with Gasteiger partial charge in [0.05, 0.1) is 26.2 Å². The molecule has 0 spiro atoms. The quantitative estimate of drug-likeness (QED) is 0.231. The lowest BCUT2D eigenvalue weighted by molar-refractivity contribution is -0.141. The summed E-state index contributed by atoms with van der Waals surface area (Å²) in [7, 11) is -5.12. The number of hydrogen-bond donors (Lipinski definition) is 0. The Balaban J connectivity index is 1.81. The second kappa shape index (κ2) is 11.7. The highest BCUT2D eigenvalue weighted by atomic mass is 31.2. The van der Waals surface area contributed by atoms with Crippen LogP contribution in [0.5, 0.6) is 0 Å². The van der Waals surface area contributed by atoms with E-state index in [1.165, 1.54) is 7.11 Å². The lowest BCUT2D eigenvalue weighted by Gasteiger charge is -2.31. The molecule has 4 rings (SSSR count). The Morgan fingerprint density at radius 1 is 0.583 bits per heavy atom. The van der Waals surface area contributed by atoms with Crippen LogP contribution in [0.15, 0.2) is 121 Å². The first-order valence-corrected chi connectivity index (χ1v) is 15.4. The molecule has 0 amide bonds. The van der Waals surface area contributed by atoms with Crippen LogP contribution < -0.4 is 21.2 Å². The Kier molecular flexibility index (Phi) is 8.38. The molecule has 0 radical (unpaired) electrons. The minimum atomic E-state index is -3.22. The monoisotopic (exact) mass is 517 g/mol. The maximum absolute atomic E-state index is 14.8. The van der Waals surface area contributed by atoms with Crippen molar-refractivity contribution in [3.05, 3.63) is 121 Å². The molecule has 0 saturated heterocycles. The number of esters is 1. The second-order valence-corrected chi connectivity index (χ2v) is 14.1. The van der Waals surface area contributed by atoms with Gasteiger partial charge in [-0.05, 0) is 0 Å². The fourth-order valence-electron chi connectivity index (χ4n) is 4.26. The minimum absolute atomic E-state index is 0.0415. The van der Waals surface area contributed by atoms with Crippen molar-refractivity contribution < 1.29 is 18.7 Å². The maximum atomic E-state index is 14.8. The molecule has 0 saturated carbocycles. The zero-order valence-corrected chi connectivity index (χ0v) is 21.9. The molecule has 0 heterocycles. The van der Waals surface area contributed by atoms with Gasteiger partial charge in [0.15, 0.2) is 14.3 Å². The topological polar surface area (TPSA) is 63.7 Å². The van der Waals surface area contributed by atoms with E-state index in [9.17, 15) is 13.9 Å². The van der Waals surface area contributed by atoms with Gasteiger partial charge >= 0.3 is 5.97 Å². The molecule has 0 aliphatic carbocycles. The van der Waals surface area contributed by atoms with Gasteiger partial charge in [0.25, 0.3) is 0 Å². The van der Waals surface area contributed by atoms with Gasteiger partial charge in [0.1, 0.15) is 0 Å². The molecule has 0 aliphatic heterocycles. The van der Waals surface area contributed by atoms with Crippen LogP contribution in [0.1, 0.15) is 0 Å². The van der Waals surface area contributed by atoms with E-state index in [4.69, 9.17) is 4.74 Å². The summed E-state index contributed by atoms with van der Waals surface area (Å²) in [4.78, 5) is 14.2. The largest absolute Gasteiger partial charge is 0.468 e. The van der Waals surface area contributed by atoms with Gasteiger partial charge in [0.2, 0.25) is 0 Å². The number of ether oxygens (including phenoxy) is 1. The highest BCUT2D eigenvalue weighted by molar-refractivity contribution is 7.79. The molecule has 184 valence electrons. The molecular formula is C29H29NO4P2. The first-order valence-electron chi connectivity index (χ1n) is 11.7. The number of methoxy groups -OCH3 is 1. The predicted octanol–water partition coefficient (Wildman–Crippen LogP) is 4.40. The van der Waals surface area contributed by atoms with Gasteiger partial charge in [-0.15, -0.1) is 0 Å². The Bertz CT molecular complexity index is 1180. The van der Waals surface area contributed by atoms with Crippen molar-refractivity contribution in [2.75, 3.05) is 26.2 Å². The van der Waals surface area contributed by atoms with Gasteiger partial charge in [0, 0.05) is 21.2 Å². The average Bonchev–Trinajstić information content (AvgIpc) is 2.94. The Hall–Kier alpha value is -3.23. The molecule has 36 heavy (non-hydrogen) atoms. The lowest BCUT2D eigenvalue weighted by atomic mass is 10.4. The van der Waals surface area contributed by atoms with E-state index >= 15 is 0 Å². The van der Waals surface area contributed by atoms with Crippen molar-refractivity contribution >= 4 is 41.5 Å². The van der Waals surface area contributed by atoms with Crippen LogP contribution in [0.2, 0.25) is 0 Å². The fraction of sp³-hybridized carbons (Fsp3) is 0.138. The number of nitrogens with zero attached hydrogens (tertiary/aromatic N) is 1. The molecule has 4 aromatic rings. The number of carbonyl (C=O) groups excluding carboxylic acids is 1. The molecule has 0 bridgehead atoms. The fourth-order valence-corrected chi connectivity index (χ4v) is 9.80. The van der Waals surface area contributed by atoms with Gasteiger partial charge < -0.3 is 13.9 Å². The number of rotatable bonds is 10. The van der Waals surface area contributed by atoms with Crippen molar-refractivity contribution in [2.45, 2.75) is 0 Å². The van der Waals surface area contributed by atoms with Crippen LogP contribution in [0.3, 0.4) is 0 Å². The van der Waals surface area contributed by atoms with E-state index in [1.54, 1.807) is 4.90 Å². The third kappa shape index (κ3) is 5.77. The molecule has 0 N–H and O–H groups in total. The minimum Gasteiger partial charge on any atom is -0.468 e. The summed E-state index contributed by atoms with van der Waals surface area (Å²) in [6.45, 7) is -0.135. The zero-order valence-electron chi connectivity index (χ0n) is 20.1. The van der Waals surface area contributed by atoms with Gasteiger partial charge in [-0.25, -0.2) is 0 Å². The van der Waals surface area contributed by atoms with E-state index < -0.39 is 20.3 Å². The summed E-state index contributed by atoms with van der Waals surface area (Å²) in [6.07, 6.45) is 0.0829. The number of benzene rings is 4. The van der Waals surface area contributed by atoms with Crippen LogP contribution in [0, 0.1) is 0 Å². The van der Waals surface area contributed by atoms with E-state index in [2.05, 4.69) is 0 Å². The second-order valence-electron chi connectivity index (χ2n) is 8.51. The Labute approximate surface area is 212 Å². The van der Waals surface area contributed by atoms with Crippen LogP contribution in [-0.2, 0) is 18.7 Å². The van der Waals surface area contributed by atoms with Crippen LogP contribution in [-0.4, -0.2) is 37.1 Å². The third-order valence-electron chi connectivity index (χ3n) is 6.07. The van der Waals surface area contributed by atoms with Crippen LogP contribution >= 0.6 is 14.3 Å². The summed E-state index contributed by atoms with van der Waals surface area (Å²) in [5, 5.41) is 2.72. The molecule has 4 aromatic carbocycles. The first-order chi connectivity index (χ1) is 17.5. The summed E-state index contributed by atoms with van der Waals surface area (Å²) >= 11 is 0. The summed E-state index contributed by atoms with van der Waals surface area (Å²) in [5.74, 6) is -0.477. The SMILES string of the molecule is COC(=O)CN(CP(=O)(c1ccccc1)c1ccccc1)CP(=O)(c1ccccc1)c1ccccc1. The highest BCUT2D eigenvalue weighted by Crippen LogP contribution is 2.48. The van der Waals surface area contributed by atoms with Crippen molar-refractivity contribution in [2.24, 2.45) is 0 Å². The molecule has 0 unspecified atom stereocenters. The number of hydrogen-bond acceptors (Lipinski definition) is 5. The maximum Gasteiger partial charge on any atom is 0.319 e. The smallest absolute Gasteiger partial charge is 0.319 e. The summed E-state index contributed by atoms with van der Waals surface area (Å²) in [6, 6.07) is 37.1. The van der Waals surface area contributed by atoms with E-state index in [0.717, 1.165) is 0 Å². The molecule has 0 atom stereocenters. The zero-order chi connectivity index (χ0) is 25.4. The summed E-state index contributed by atoms with van der Waals surface area (Å²) < 4.78 is 34.5. The van der Waals surface area contributed by atoms with Crippen LogP contribution in [0.4, 0.5) is 0 Å². The average molecular weight is 518 g/mol. The van der Waals surface area contributed by atoms with Gasteiger partial charge in [-0.2, -0.15) is 0 Å². The standard InChI is InChI=1S/C29H29NO4P2/c1-34-29(31)22-30(23-35(32,25-14-6-2-7-15-25)26-16-8-3-9-17-26)24-36(33,27-18-10-4-11-19-27)28-20-12-5-13-21-28/h2-21H,22-24H2,1H3. The van der Waals surface area contributed by atoms with Crippen molar-refractivity contribution in [1.29, 1.82) is 0 Å². The predicted molar refractivity (Wildman–Crippen MR) is 148 cm³/mol. The van der Waals surface area contributed by atoms with E-state index in [1.807, 2.05) is 121 Å². The van der Waals surface area contributed by atoms with E-state index in [-0.39, 0.29) is 19.1 Å². The highest BCUT2D eigenvalue weighted by Gasteiger charge is 2.36. The molecule has 0 aromatic heterocycles. The molecule has 5 nitrogen and oxygen atoms in total. The van der Waals surface area contributed by atoms with Crippen molar-refractivity contribution in [1.82, 2.24) is 4.90 Å². The van der Waals surface area contributed by atoms with Gasteiger partial charge in [-0.3, -0.25) is 9.69 Å². The lowest BCUT2D eigenvalue weighted by Crippen LogP contribution is -2.38. The van der Waals surface area contributed by atoms with E-state index in [0.29, 0.717) is 21.2 Å². The first kappa shape index (κ1) is 25.9. The Morgan fingerprint density at radius 3 is 1.11 bits per heavy atom. The van der Waals surface area contributed by atoms with Crippen molar-refractivity contribution in [3.8, 4) is 0 Å². The molecule has 0 fully saturated rings. The number of carbonyl (C=O) groups is 1. The van der Waals surface area contributed by atoms with Gasteiger partial charge in [-0.1, -0.05) is 121 Å². The summed E-state index contributed by atoms with van der Waals surface area (Å²) in [5.41, 5.74) is 0. The van der Waals surface area contributed by atoms with Crippen LogP contribution in [0.25, 0.3) is 0 Å².